The number of aromatic nitrogens is 2. The molecule has 0 spiro atoms. The second kappa shape index (κ2) is 7.50. The van der Waals surface area contributed by atoms with Gasteiger partial charge in [0.2, 0.25) is 5.91 Å². The number of carbonyl (C=O) groups is 1. The number of thiophene rings is 1. The van der Waals surface area contributed by atoms with Crippen LogP contribution >= 0.6 is 39.0 Å². The van der Waals surface area contributed by atoms with Crippen LogP contribution in [0.2, 0.25) is 0 Å². The topological polar surface area (TPSA) is 88.8 Å². The SMILES string of the molecule is NC(=O)CCCSc1nc2scc(-c3ccc(Br)cc3)c2c(=O)[nH]1. The fourth-order valence-electron chi connectivity index (χ4n) is 2.25. The van der Waals surface area contributed by atoms with Crippen LogP contribution in [0.4, 0.5) is 0 Å². The number of nitrogens with two attached hydrogens (primary N) is 1. The van der Waals surface area contributed by atoms with Gasteiger partial charge in [0.1, 0.15) is 4.83 Å². The molecule has 2 heterocycles. The maximum Gasteiger partial charge on any atom is 0.260 e. The molecule has 0 aliphatic rings. The summed E-state index contributed by atoms with van der Waals surface area (Å²) in [6.45, 7) is 0. The zero-order chi connectivity index (χ0) is 17.1. The van der Waals surface area contributed by atoms with Crippen molar-refractivity contribution in [1.82, 2.24) is 9.97 Å². The number of primary amides is 1. The van der Waals surface area contributed by atoms with E-state index in [1.54, 1.807) is 0 Å². The van der Waals surface area contributed by atoms with Crippen molar-refractivity contribution in [2.75, 3.05) is 5.75 Å². The van der Waals surface area contributed by atoms with E-state index in [1.165, 1.54) is 23.1 Å². The fraction of sp³-hybridized carbons (Fsp3) is 0.188. The van der Waals surface area contributed by atoms with Crippen LogP contribution in [0.25, 0.3) is 21.3 Å². The minimum Gasteiger partial charge on any atom is -0.370 e. The van der Waals surface area contributed by atoms with Crippen molar-refractivity contribution < 1.29 is 4.79 Å². The van der Waals surface area contributed by atoms with E-state index in [0.717, 1.165) is 15.6 Å². The molecule has 0 saturated carbocycles. The van der Waals surface area contributed by atoms with E-state index in [9.17, 15) is 9.59 Å². The minimum absolute atomic E-state index is 0.142. The fourth-order valence-corrected chi connectivity index (χ4v) is 4.33. The zero-order valence-corrected chi connectivity index (χ0v) is 15.8. The molecule has 0 atom stereocenters. The summed E-state index contributed by atoms with van der Waals surface area (Å²) in [5.74, 6) is 0.368. The van der Waals surface area contributed by atoms with Gasteiger partial charge in [-0.1, -0.05) is 39.8 Å². The van der Waals surface area contributed by atoms with Crippen LogP contribution < -0.4 is 11.3 Å². The molecule has 3 aromatic rings. The molecule has 1 aromatic carbocycles. The quantitative estimate of drug-likeness (QED) is 0.358. The van der Waals surface area contributed by atoms with Crippen LogP contribution in [-0.4, -0.2) is 21.6 Å². The van der Waals surface area contributed by atoms with E-state index < -0.39 is 0 Å². The predicted octanol–water partition coefficient (Wildman–Crippen LogP) is 3.77. The Hall–Kier alpha value is -1.64. The Bertz CT molecular complexity index is 935. The highest BCUT2D eigenvalue weighted by molar-refractivity contribution is 9.10. The average Bonchev–Trinajstić information content (AvgIpc) is 2.97. The van der Waals surface area contributed by atoms with Gasteiger partial charge < -0.3 is 10.7 Å². The second-order valence-corrected chi connectivity index (χ2v) is 7.98. The molecule has 8 heteroatoms. The van der Waals surface area contributed by atoms with Gasteiger partial charge in [0.15, 0.2) is 5.16 Å². The maximum absolute atomic E-state index is 12.5. The molecule has 24 heavy (non-hydrogen) atoms. The van der Waals surface area contributed by atoms with Crippen molar-refractivity contribution >= 4 is 55.2 Å². The Morgan fingerprint density at radius 1 is 1.33 bits per heavy atom. The molecular formula is C16H14BrN3O2S2. The molecule has 0 saturated heterocycles. The summed E-state index contributed by atoms with van der Waals surface area (Å²) in [7, 11) is 0. The monoisotopic (exact) mass is 423 g/mol. The minimum atomic E-state index is -0.315. The third-order valence-corrected chi connectivity index (χ3v) is 5.74. The summed E-state index contributed by atoms with van der Waals surface area (Å²) < 4.78 is 0.993. The number of benzene rings is 1. The predicted molar refractivity (Wildman–Crippen MR) is 103 cm³/mol. The summed E-state index contributed by atoms with van der Waals surface area (Å²) in [6.07, 6.45) is 1.00. The summed E-state index contributed by atoms with van der Waals surface area (Å²) in [4.78, 5) is 31.3. The molecule has 0 fully saturated rings. The van der Waals surface area contributed by atoms with Gasteiger partial charge in [-0.3, -0.25) is 9.59 Å². The molecule has 124 valence electrons. The third-order valence-electron chi connectivity index (χ3n) is 3.38. The highest BCUT2D eigenvalue weighted by Gasteiger charge is 2.13. The first-order valence-corrected chi connectivity index (χ1v) is 9.89. The van der Waals surface area contributed by atoms with Crippen LogP contribution in [-0.2, 0) is 4.79 Å². The Morgan fingerprint density at radius 3 is 2.79 bits per heavy atom. The number of hydrogen-bond acceptors (Lipinski definition) is 5. The summed E-state index contributed by atoms with van der Waals surface area (Å²) >= 11 is 6.29. The van der Waals surface area contributed by atoms with Gasteiger partial charge in [0.25, 0.3) is 5.56 Å². The first-order chi connectivity index (χ1) is 11.5. The van der Waals surface area contributed by atoms with Gasteiger partial charge in [-0.05, 0) is 24.1 Å². The van der Waals surface area contributed by atoms with Crippen molar-refractivity contribution in [3.8, 4) is 11.1 Å². The van der Waals surface area contributed by atoms with Crippen molar-refractivity contribution in [2.24, 2.45) is 5.73 Å². The summed E-state index contributed by atoms with van der Waals surface area (Å²) in [6, 6.07) is 7.84. The molecule has 0 radical (unpaired) electrons. The molecule has 3 N–H and O–H groups in total. The van der Waals surface area contributed by atoms with Crippen LogP contribution in [0.5, 0.6) is 0 Å². The highest BCUT2D eigenvalue weighted by Crippen LogP contribution is 2.32. The Labute approximate surface area is 154 Å². The van der Waals surface area contributed by atoms with E-state index in [1.807, 2.05) is 29.6 Å². The maximum atomic E-state index is 12.5. The van der Waals surface area contributed by atoms with Crippen LogP contribution in [0, 0.1) is 0 Å². The lowest BCUT2D eigenvalue weighted by Gasteiger charge is -2.02. The van der Waals surface area contributed by atoms with E-state index in [0.29, 0.717) is 34.0 Å². The molecule has 5 nitrogen and oxygen atoms in total. The van der Waals surface area contributed by atoms with Crippen LogP contribution in [0.1, 0.15) is 12.8 Å². The van der Waals surface area contributed by atoms with Gasteiger partial charge in [-0.25, -0.2) is 4.98 Å². The standard InChI is InChI=1S/C16H14BrN3O2S2/c17-10-5-3-9(4-6-10)11-8-24-15-13(11)14(22)19-16(20-15)23-7-1-2-12(18)21/h3-6,8H,1-2,7H2,(H2,18,21)(H,19,20,22). The molecule has 0 unspecified atom stereocenters. The second-order valence-electron chi connectivity index (χ2n) is 5.13. The lowest BCUT2D eigenvalue weighted by molar-refractivity contribution is -0.118. The van der Waals surface area contributed by atoms with Crippen molar-refractivity contribution in [2.45, 2.75) is 18.0 Å². The number of carbonyl (C=O) groups excluding carboxylic acids is 1. The van der Waals surface area contributed by atoms with E-state index in [2.05, 4.69) is 25.9 Å². The van der Waals surface area contributed by atoms with Gasteiger partial charge >= 0.3 is 0 Å². The largest absolute Gasteiger partial charge is 0.370 e. The molecule has 3 rings (SSSR count). The molecule has 2 aromatic heterocycles. The number of hydrogen-bond donors (Lipinski definition) is 2. The summed E-state index contributed by atoms with van der Waals surface area (Å²) in [5.41, 5.74) is 6.85. The van der Waals surface area contributed by atoms with E-state index >= 15 is 0 Å². The third kappa shape index (κ3) is 3.88. The first-order valence-electron chi connectivity index (χ1n) is 7.23. The number of nitrogens with one attached hydrogen (secondary N) is 1. The average molecular weight is 424 g/mol. The van der Waals surface area contributed by atoms with Crippen molar-refractivity contribution in [1.29, 1.82) is 0 Å². The highest BCUT2D eigenvalue weighted by atomic mass is 79.9. The number of nitrogens with zero attached hydrogens (tertiary/aromatic N) is 1. The smallest absolute Gasteiger partial charge is 0.260 e. The van der Waals surface area contributed by atoms with Gasteiger partial charge in [-0.15, -0.1) is 11.3 Å². The van der Waals surface area contributed by atoms with Crippen molar-refractivity contribution in [3.05, 3.63) is 44.5 Å². The lowest BCUT2D eigenvalue weighted by atomic mass is 10.1. The van der Waals surface area contributed by atoms with Gasteiger partial charge in [0, 0.05) is 27.6 Å². The zero-order valence-electron chi connectivity index (χ0n) is 12.5. The molecule has 0 aliphatic heterocycles. The number of aromatic amines is 1. The van der Waals surface area contributed by atoms with Gasteiger partial charge in [0.05, 0.1) is 5.39 Å². The number of halogens is 1. The van der Waals surface area contributed by atoms with E-state index in [4.69, 9.17) is 5.73 Å². The Balaban J connectivity index is 1.87. The number of fused-ring (bicyclic) bond motifs is 1. The lowest BCUT2D eigenvalue weighted by Crippen LogP contribution is -2.11. The number of amides is 1. The van der Waals surface area contributed by atoms with Crippen LogP contribution in [0.3, 0.4) is 0 Å². The number of rotatable bonds is 6. The van der Waals surface area contributed by atoms with E-state index in [-0.39, 0.29) is 11.5 Å². The normalized spacial score (nSPS) is 11.0. The van der Waals surface area contributed by atoms with Crippen LogP contribution in [0.15, 0.2) is 44.1 Å². The molecule has 0 bridgehead atoms. The summed E-state index contributed by atoms with van der Waals surface area (Å²) in [5, 5.41) is 3.14. The van der Waals surface area contributed by atoms with Gasteiger partial charge in [-0.2, -0.15) is 0 Å². The Morgan fingerprint density at radius 2 is 2.08 bits per heavy atom. The molecule has 1 amide bonds. The number of H-pyrrole nitrogens is 1. The first kappa shape index (κ1) is 17.2. The Kier molecular flexibility index (Phi) is 5.37. The van der Waals surface area contributed by atoms with Crippen molar-refractivity contribution in [3.63, 3.8) is 0 Å². The molecule has 0 aliphatic carbocycles. The molecular weight excluding hydrogens is 410 g/mol. The number of thioether (sulfide) groups is 1.